The zero-order valence-electron chi connectivity index (χ0n) is 10.5. The highest BCUT2D eigenvalue weighted by Gasteiger charge is 2.05. The Hall–Kier alpha value is -2.56. The third kappa shape index (κ3) is 3.70. The van der Waals surface area contributed by atoms with Crippen molar-refractivity contribution < 1.29 is 14.3 Å². The van der Waals surface area contributed by atoms with Crippen LogP contribution in [0.25, 0.3) is 0 Å². The Morgan fingerprint density at radius 2 is 1.95 bits per heavy atom. The molecule has 0 atom stereocenters. The minimum atomic E-state index is -0.157. The lowest BCUT2D eigenvalue weighted by atomic mass is 10.3. The Kier molecular flexibility index (Phi) is 3.97. The van der Waals surface area contributed by atoms with Crippen molar-refractivity contribution in [3.63, 3.8) is 0 Å². The molecular weight excluding hydrogens is 244 g/mol. The van der Waals surface area contributed by atoms with Crippen molar-refractivity contribution in [3.05, 3.63) is 48.8 Å². The van der Waals surface area contributed by atoms with Gasteiger partial charge in [0, 0.05) is 31.1 Å². The van der Waals surface area contributed by atoms with E-state index in [1.165, 1.54) is 11.5 Å². The van der Waals surface area contributed by atoms with E-state index in [0.29, 0.717) is 11.4 Å². The minimum Gasteiger partial charge on any atom is -0.484 e. The fourth-order valence-electron chi connectivity index (χ4n) is 1.59. The molecule has 2 rings (SSSR count). The molecular formula is C14H14N2O3. The molecule has 0 saturated carbocycles. The van der Waals surface area contributed by atoms with E-state index in [-0.39, 0.29) is 18.4 Å². The zero-order valence-corrected chi connectivity index (χ0v) is 10.5. The summed E-state index contributed by atoms with van der Waals surface area (Å²) in [5, 5.41) is 2.65. The monoisotopic (exact) mass is 258 g/mol. The molecule has 19 heavy (non-hydrogen) atoms. The summed E-state index contributed by atoms with van der Waals surface area (Å²) >= 11 is 0. The molecule has 0 unspecified atom stereocenters. The summed E-state index contributed by atoms with van der Waals surface area (Å²) in [5.41, 5.74) is 0.637. The van der Waals surface area contributed by atoms with Crippen LogP contribution in [0.3, 0.4) is 0 Å². The second-order valence-corrected chi connectivity index (χ2v) is 3.98. The van der Waals surface area contributed by atoms with Gasteiger partial charge < -0.3 is 10.1 Å². The molecule has 1 aromatic heterocycles. The predicted molar refractivity (Wildman–Crippen MR) is 71.3 cm³/mol. The molecule has 0 aliphatic heterocycles. The van der Waals surface area contributed by atoms with E-state index < -0.39 is 0 Å². The van der Waals surface area contributed by atoms with Gasteiger partial charge in [-0.2, -0.15) is 0 Å². The number of benzene rings is 1. The summed E-state index contributed by atoms with van der Waals surface area (Å²) < 4.78 is 6.85. The fourth-order valence-corrected chi connectivity index (χ4v) is 1.59. The average molecular weight is 258 g/mol. The van der Waals surface area contributed by atoms with Gasteiger partial charge in [0.15, 0.2) is 6.61 Å². The number of amides is 1. The summed E-state index contributed by atoms with van der Waals surface area (Å²) in [7, 11) is 0. The maximum absolute atomic E-state index is 11.7. The van der Waals surface area contributed by atoms with Crippen LogP contribution < -0.4 is 10.1 Å². The molecule has 0 fully saturated rings. The summed E-state index contributed by atoms with van der Waals surface area (Å²) in [6, 6.07) is 10.5. The highest BCUT2D eigenvalue weighted by molar-refractivity contribution is 5.88. The van der Waals surface area contributed by atoms with E-state index in [0.717, 1.165) is 0 Å². The van der Waals surface area contributed by atoms with E-state index in [4.69, 9.17) is 4.74 Å². The first-order chi connectivity index (χ1) is 9.15. The first-order valence-electron chi connectivity index (χ1n) is 5.82. The van der Waals surface area contributed by atoms with Crippen molar-refractivity contribution in [3.8, 4) is 5.75 Å². The highest BCUT2D eigenvalue weighted by atomic mass is 16.5. The van der Waals surface area contributed by atoms with Gasteiger partial charge in [0.1, 0.15) is 5.75 Å². The molecule has 0 aliphatic rings. The number of nitrogens with one attached hydrogen (secondary N) is 1. The molecule has 1 N–H and O–H groups in total. The summed E-state index contributed by atoms with van der Waals surface area (Å²) in [4.78, 5) is 22.6. The van der Waals surface area contributed by atoms with Crippen molar-refractivity contribution in [1.29, 1.82) is 0 Å². The normalized spacial score (nSPS) is 9.95. The van der Waals surface area contributed by atoms with Crippen LogP contribution in [0.2, 0.25) is 0 Å². The first kappa shape index (κ1) is 12.9. The van der Waals surface area contributed by atoms with E-state index in [1.54, 1.807) is 48.8 Å². The van der Waals surface area contributed by atoms with Crippen LogP contribution in [0.4, 0.5) is 5.69 Å². The second kappa shape index (κ2) is 5.86. The van der Waals surface area contributed by atoms with Crippen LogP contribution in [0.1, 0.15) is 11.7 Å². The van der Waals surface area contributed by atoms with Crippen LogP contribution in [0, 0.1) is 0 Å². The first-order valence-corrected chi connectivity index (χ1v) is 5.82. The minimum absolute atomic E-state index is 0.0573. The van der Waals surface area contributed by atoms with E-state index in [1.807, 2.05) is 0 Å². The molecule has 1 aromatic carbocycles. The van der Waals surface area contributed by atoms with Gasteiger partial charge in [-0.15, -0.1) is 0 Å². The molecule has 0 aliphatic carbocycles. The van der Waals surface area contributed by atoms with Gasteiger partial charge in [-0.25, -0.2) is 0 Å². The van der Waals surface area contributed by atoms with Gasteiger partial charge in [0.2, 0.25) is 5.91 Å². The SMILES string of the molecule is CC(=O)Nc1cccc(OCC(=O)n2cccc2)c1. The molecule has 1 heterocycles. The van der Waals surface area contributed by atoms with E-state index >= 15 is 0 Å². The molecule has 2 aromatic rings. The van der Waals surface area contributed by atoms with Gasteiger partial charge in [-0.3, -0.25) is 14.2 Å². The van der Waals surface area contributed by atoms with E-state index in [2.05, 4.69) is 5.32 Å². The van der Waals surface area contributed by atoms with Gasteiger partial charge in [-0.1, -0.05) is 6.07 Å². The van der Waals surface area contributed by atoms with Gasteiger partial charge in [0.05, 0.1) is 0 Å². The molecule has 1 amide bonds. The maximum Gasteiger partial charge on any atom is 0.268 e. The van der Waals surface area contributed by atoms with Crippen LogP contribution >= 0.6 is 0 Å². The molecule has 0 bridgehead atoms. The largest absolute Gasteiger partial charge is 0.484 e. The highest BCUT2D eigenvalue weighted by Crippen LogP contribution is 2.17. The number of carbonyl (C=O) groups excluding carboxylic acids is 2. The molecule has 98 valence electrons. The fraction of sp³-hybridized carbons (Fsp3) is 0.143. The third-order valence-corrected chi connectivity index (χ3v) is 2.41. The number of carbonyl (C=O) groups is 2. The molecule has 0 radical (unpaired) electrons. The molecule has 0 spiro atoms. The summed E-state index contributed by atoms with van der Waals surface area (Å²) in [6.45, 7) is 1.38. The number of anilines is 1. The lowest BCUT2D eigenvalue weighted by Crippen LogP contribution is -2.17. The smallest absolute Gasteiger partial charge is 0.268 e. The Balaban J connectivity index is 1.96. The zero-order chi connectivity index (χ0) is 13.7. The van der Waals surface area contributed by atoms with Crippen LogP contribution in [0.5, 0.6) is 5.75 Å². The summed E-state index contributed by atoms with van der Waals surface area (Å²) in [6.07, 6.45) is 3.33. The molecule has 5 heteroatoms. The Labute approximate surface area is 110 Å². The van der Waals surface area contributed by atoms with Crippen molar-refractivity contribution >= 4 is 17.5 Å². The summed E-state index contributed by atoms with van der Waals surface area (Å²) in [5.74, 6) is 0.224. The van der Waals surface area contributed by atoms with Crippen molar-refractivity contribution in [2.24, 2.45) is 0 Å². The molecule has 5 nitrogen and oxygen atoms in total. The Morgan fingerprint density at radius 3 is 2.63 bits per heavy atom. The number of ether oxygens (including phenoxy) is 1. The van der Waals surface area contributed by atoms with Crippen LogP contribution in [0.15, 0.2) is 48.8 Å². The average Bonchev–Trinajstić information content (AvgIpc) is 2.89. The van der Waals surface area contributed by atoms with Gasteiger partial charge >= 0.3 is 0 Å². The van der Waals surface area contributed by atoms with Crippen molar-refractivity contribution in [1.82, 2.24) is 4.57 Å². The number of hydrogen-bond donors (Lipinski definition) is 1. The number of hydrogen-bond acceptors (Lipinski definition) is 3. The lowest BCUT2D eigenvalue weighted by molar-refractivity contribution is -0.114. The number of aromatic nitrogens is 1. The molecule has 0 saturated heterocycles. The van der Waals surface area contributed by atoms with Gasteiger partial charge in [-0.05, 0) is 24.3 Å². The van der Waals surface area contributed by atoms with Crippen molar-refractivity contribution in [2.45, 2.75) is 6.92 Å². The standard InChI is InChI=1S/C14H14N2O3/c1-11(17)15-12-5-4-6-13(9-12)19-10-14(18)16-7-2-3-8-16/h2-9H,10H2,1H3,(H,15,17). The second-order valence-electron chi connectivity index (χ2n) is 3.98. The quantitative estimate of drug-likeness (QED) is 0.914. The maximum atomic E-state index is 11.7. The Bertz CT molecular complexity index is 576. The topological polar surface area (TPSA) is 60.3 Å². The van der Waals surface area contributed by atoms with E-state index in [9.17, 15) is 9.59 Å². The van der Waals surface area contributed by atoms with Crippen LogP contribution in [-0.2, 0) is 4.79 Å². The lowest BCUT2D eigenvalue weighted by Gasteiger charge is -2.08. The predicted octanol–water partition coefficient (Wildman–Crippen LogP) is 2.17. The van der Waals surface area contributed by atoms with Gasteiger partial charge in [0.25, 0.3) is 5.91 Å². The van der Waals surface area contributed by atoms with Crippen molar-refractivity contribution in [2.75, 3.05) is 11.9 Å². The number of rotatable bonds is 4. The number of nitrogens with zero attached hydrogens (tertiary/aromatic N) is 1. The Morgan fingerprint density at radius 1 is 1.21 bits per heavy atom. The third-order valence-electron chi connectivity index (χ3n) is 2.41. The van der Waals surface area contributed by atoms with Crippen LogP contribution in [-0.4, -0.2) is 23.0 Å².